The smallest absolute Gasteiger partial charge is 0.0472 e. The van der Waals surface area contributed by atoms with E-state index in [0.717, 1.165) is 23.4 Å². The Morgan fingerprint density at radius 2 is 2.00 bits per heavy atom. The fourth-order valence-corrected chi connectivity index (χ4v) is 2.96. The van der Waals surface area contributed by atoms with Crippen LogP contribution in [0, 0.1) is 0 Å². The highest BCUT2D eigenvalue weighted by Crippen LogP contribution is 2.39. The third-order valence-corrected chi connectivity index (χ3v) is 3.91. The molecule has 3 heteroatoms. The summed E-state index contributed by atoms with van der Waals surface area (Å²) >= 11 is 5.97. The van der Waals surface area contributed by atoms with E-state index in [1.807, 2.05) is 18.3 Å². The van der Waals surface area contributed by atoms with Crippen LogP contribution in [-0.4, -0.2) is 4.98 Å². The number of benzene rings is 1. The van der Waals surface area contributed by atoms with Crippen molar-refractivity contribution in [3.8, 4) is 0 Å². The largest absolute Gasteiger partial charge is 0.361 e. The molecule has 1 saturated carbocycles. The van der Waals surface area contributed by atoms with Gasteiger partial charge < -0.3 is 10.7 Å². The lowest BCUT2D eigenvalue weighted by molar-refractivity contribution is 0.466. The Balaban J connectivity index is 2.17. The van der Waals surface area contributed by atoms with Gasteiger partial charge in [0.2, 0.25) is 0 Å². The summed E-state index contributed by atoms with van der Waals surface area (Å²) in [5, 5.41) is 1.98. The molecule has 0 spiro atoms. The van der Waals surface area contributed by atoms with Crippen LogP contribution in [0.3, 0.4) is 0 Å². The van der Waals surface area contributed by atoms with Gasteiger partial charge in [-0.2, -0.15) is 0 Å². The molecule has 0 unspecified atom stereocenters. The first kappa shape index (κ1) is 10.2. The van der Waals surface area contributed by atoms with Crippen molar-refractivity contribution in [2.75, 3.05) is 0 Å². The molecule has 1 aliphatic carbocycles. The quantitative estimate of drug-likeness (QED) is 0.779. The molecular formula is C13H15ClN2. The molecule has 1 aromatic heterocycles. The molecule has 0 saturated heterocycles. The maximum Gasteiger partial charge on any atom is 0.0472 e. The molecule has 1 aromatic carbocycles. The number of rotatable bonds is 1. The Hall–Kier alpha value is -0.990. The van der Waals surface area contributed by atoms with Crippen LogP contribution < -0.4 is 5.73 Å². The lowest BCUT2D eigenvalue weighted by Crippen LogP contribution is -2.32. The Morgan fingerprint density at radius 1 is 1.25 bits per heavy atom. The predicted octanol–water partition coefficient (Wildman–Crippen LogP) is 3.55. The Labute approximate surface area is 99.8 Å². The van der Waals surface area contributed by atoms with E-state index in [2.05, 4.69) is 11.1 Å². The number of nitrogens with two attached hydrogens (primary N) is 1. The van der Waals surface area contributed by atoms with E-state index >= 15 is 0 Å². The Kier molecular flexibility index (Phi) is 2.23. The van der Waals surface area contributed by atoms with Gasteiger partial charge in [-0.15, -0.1) is 0 Å². The van der Waals surface area contributed by atoms with Crippen molar-refractivity contribution in [1.29, 1.82) is 0 Å². The molecule has 3 rings (SSSR count). The van der Waals surface area contributed by atoms with Gasteiger partial charge in [0, 0.05) is 27.7 Å². The molecule has 0 bridgehead atoms. The van der Waals surface area contributed by atoms with Crippen LogP contribution in [0.2, 0.25) is 5.02 Å². The number of hydrogen-bond donors (Lipinski definition) is 2. The molecule has 2 nitrogen and oxygen atoms in total. The van der Waals surface area contributed by atoms with Gasteiger partial charge in [-0.25, -0.2) is 0 Å². The second-order valence-electron chi connectivity index (χ2n) is 4.76. The summed E-state index contributed by atoms with van der Waals surface area (Å²) in [4.78, 5) is 3.27. The van der Waals surface area contributed by atoms with E-state index in [4.69, 9.17) is 17.3 Å². The van der Waals surface area contributed by atoms with Gasteiger partial charge >= 0.3 is 0 Å². The van der Waals surface area contributed by atoms with E-state index in [1.165, 1.54) is 23.8 Å². The monoisotopic (exact) mass is 234 g/mol. The highest BCUT2D eigenvalue weighted by atomic mass is 35.5. The molecule has 2 aromatic rings. The summed E-state index contributed by atoms with van der Waals surface area (Å²) in [5.74, 6) is 0. The molecule has 0 aliphatic heterocycles. The van der Waals surface area contributed by atoms with Crippen molar-refractivity contribution >= 4 is 22.5 Å². The van der Waals surface area contributed by atoms with Crippen molar-refractivity contribution in [2.24, 2.45) is 5.73 Å². The average Bonchev–Trinajstić information content (AvgIpc) is 2.84. The zero-order chi connectivity index (χ0) is 11.2. The maximum absolute atomic E-state index is 6.48. The molecule has 1 fully saturated rings. The molecule has 1 heterocycles. The van der Waals surface area contributed by atoms with Gasteiger partial charge in [-0.3, -0.25) is 0 Å². The van der Waals surface area contributed by atoms with E-state index in [9.17, 15) is 0 Å². The molecule has 1 aliphatic rings. The van der Waals surface area contributed by atoms with Crippen molar-refractivity contribution < 1.29 is 0 Å². The summed E-state index contributed by atoms with van der Waals surface area (Å²) in [5.41, 5.74) is 8.67. The van der Waals surface area contributed by atoms with Crippen molar-refractivity contribution in [3.05, 3.63) is 35.0 Å². The predicted molar refractivity (Wildman–Crippen MR) is 67.6 cm³/mol. The van der Waals surface area contributed by atoms with Crippen LogP contribution in [0.25, 0.3) is 10.9 Å². The third kappa shape index (κ3) is 1.45. The fourth-order valence-electron chi connectivity index (χ4n) is 2.79. The molecule has 0 amide bonds. The molecular weight excluding hydrogens is 220 g/mol. The molecule has 0 radical (unpaired) electrons. The van der Waals surface area contributed by atoms with Crippen LogP contribution in [0.5, 0.6) is 0 Å². The summed E-state index contributed by atoms with van der Waals surface area (Å²) < 4.78 is 0. The van der Waals surface area contributed by atoms with Gasteiger partial charge in [-0.05, 0) is 30.5 Å². The summed E-state index contributed by atoms with van der Waals surface area (Å²) in [7, 11) is 0. The standard InChI is InChI=1S/C13H15ClN2/c14-9-3-4-10-11(8-16-12(10)7-9)13(15)5-1-2-6-13/h3-4,7-8,16H,1-2,5-6,15H2. The van der Waals surface area contributed by atoms with Crippen LogP contribution in [0.1, 0.15) is 31.2 Å². The van der Waals surface area contributed by atoms with Crippen molar-refractivity contribution in [2.45, 2.75) is 31.2 Å². The van der Waals surface area contributed by atoms with Crippen LogP contribution >= 0.6 is 11.6 Å². The first-order chi connectivity index (χ1) is 7.69. The lowest BCUT2D eigenvalue weighted by Gasteiger charge is -2.23. The van der Waals surface area contributed by atoms with E-state index < -0.39 is 0 Å². The fraction of sp³-hybridized carbons (Fsp3) is 0.385. The number of aromatic amines is 1. The number of halogens is 1. The minimum atomic E-state index is -0.133. The molecule has 16 heavy (non-hydrogen) atoms. The number of fused-ring (bicyclic) bond motifs is 1. The topological polar surface area (TPSA) is 41.8 Å². The molecule has 84 valence electrons. The van der Waals surface area contributed by atoms with E-state index in [0.29, 0.717) is 0 Å². The molecule has 3 N–H and O–H groups in total. The number of nitrogens with one attached hydrogen (secondary N) is 1. The van der Waals surface area contributed by atoms with Crippen LogP contribution in [0.15, 0.2) is 24.4 Å². The third-order valence-electron chi connectivity index (χ3n) is 3.68. The first-order valence-corrected chi connectivity index (χ1v) is 6.13. The average molecular weight is 235 g/mol. The lowest BCUT2D eigenvalue weighted by atomic mass is 9.89. The first-order valence-electron chi connectivity index (χ1n) is 5.75. The Morgan fingerprint density at radius 3 is 2.75 bits per heavy atom. The minimum Gasteiger partial charge on any atom is -0.361 e. The van der Waals surface area contributed by atoms with Crippen molar-refractivity contribution in [3.63, 3.8) is 0 Å². The summed E-state index contributed by atoms with van der Waals surface area (Å²) in [6.07, 6.45) is 6.69. The molecule has 0 atom stereocenters. The SMILES string of the molecule is NC1(c2c[nH]c3cc(Cl)ccc23)CCCC1. The van der Waals surface area contributed by atoms with Gasteiger partial charge in [0.15, 0.2) is 0 Å². The second kappa shape index (κ2) is 3.51. The summed E-state index contributed by atoms with van der Waals surface area (Å²) in [6, 6.07) is 5.95. The van der Waals surface area contributed by atoms with Gasteiger partial charge in [0.1, 0.15) is 0 Å². The van der Waals surface area contributed by atoms with Crippen LogP contribution in [0.4, 0.5) is 0 Å². The van der Waals surface area contributed by atoms with Gasteiger partial charge in [0.05, 0.1) is 0 Å². The highest BCUT2D eigenvalue weighted by molar-refractivity contribution is 6.31. The number of hydrogen-bond acceptors (Lipinski definition) is 1. The summed E-state index contributed by atoms with van der Waals surface area (Å²) in [6.45, 7) is 0. The van der Waals surface area contributed by atoms with Crippen LogP contribution in [-0.2, 0) is 5.54 Å². The second-order valence-corrected chi connectivity index (χ2v) is 5.19. The normalized spacial score (nSPS) is 19.4. The van der Waals surface area contributed by atoms with E-state index in [-0.39, 0.29) is 5.54 Å². The van der Waals surface area contributed by atoms with Crippen molar-refractivity contribution in [1.82, 2.24) is 4.98 Å². The zero-order valence-electron chi connectivity index (χ0n) is 9.09. The maximum atomic E-state index is 6.48. The number of aromatic nitrogens is 1. The number of H-pyrrole nitrogens is 1. The highest BCUT2D eigenvalue weighted by Gasteiger charge is 2.33. The minimum absolute atomic E-state index is 0.133. The zero-order valence-corrected chi connectivity index (χ0v) is 9.85. The van der Waals surface area contributed by atoms with Gasteiger partial charge in [-0.1, -0.05) is 30.5 Å². The van der Waals surface area contributed by atoms with E-state index in [1.54, 1.807) is 0 Å². The van der Waals surface area contributed by atoms with Gasteiger partial charge in [0.25, 0.3) is 0 Å². The Bertz CT molecular complexity index is 524.